The van der Waals surface area contributed by atoms with E-state index in [1.165, 1.54) is 18.3 Å². The number of aryl methyl sites for hydroxylation is 1. The van der Waals surface area contributed by atoms with Gasteiger partial charge in [-0.05, 0) is 6.92 Å². The Kier molecular flexibility index (Phi) is 2.06. The van der Waals surface area contributed by atoms with Gasteiger partial charge in [-0.25, -0.2) is 4.98 Å². The highest BCUT2D eigenvalue weighted by atomic mass is 35.5. The quantitative estimate of drug-likeness (QED) is 0.614. The summed E-state index contributed by atoms with van der Waals surface area (Å²) in [5.41, 5.74) is 0.393. The number of thiazole rings is 1. The minimum Gasteiger partial charge on any atom is -0.293 e. The number of nitrogens with zero attached hydrogens (tertiary/aromatic N) is 1. The SMILES string of the molecule is CC(=O)c1nc(C)sc1Cl. The van der Waals surface area contributed by atoms with Gasteiger partial charge in [-0.3, -0.25) is 4.79 Å². The highest BCUT2D eigenvalue weighted by Gasteiger charge is 2.09. The van der Waals surface area contributed by atoms with Crippen LogP contribution in [-0.2, 0) is 0 Å². The fourth-order valence-electron chi connectivity index (χ4n) is 0.619. The first-order valence-electron chi connectivity index (χ1n) is 2.75. The molecular weight excluding hydrogens is 170 g/mol. The predicted octanol–water partition coefficient (Wildman–Crippen LogP) is 2.31. The molecule has 0 amide bonds. The van der Waals surface area contributed by atoms with E-state index in [1.807, 2.05) is 6.92 Å². The standard InChI is InChI=1S/C6H6ClNOS/c1-3(9)5-6(7)10-4(2)8-5/h1-2H3. The van der Waals surface area contributed by atoms with E-state index in [2.05, 4.69) is 4.98 Å². The van der Waals surface area contributed by atoms with Crippen LogP contribution in [0.4, 0.5) is 0 Å². The van der Waals surface area contributed by atoms with E-state index in [0.29, 0.717) is 10.0 Å². The lowest BCUT2D eigenvalue weighted by molar-refractivity contribution is 0.101. The zero-order valence-corrected chi connectivity index (χ0v) is 7.21. The molecule has 0 aromatic carbocycles. The first-order chi connectivity index (χ1) is 4.61. The van der Waals surface area contributed by atoms with Crippen molar-refractivity contribution < 1.29 is 4.79 Å². The molecule has 0 aliphatic rings. The summed E-state index contributed by atoms with van der Waals surface area (Å²) in [6.07, 6.45) is 0. The van der Waals surface area contributed by atoms with Crippen LogP contribution in [0.5, 0.6) is 0 Å². The maximum atomic E-state index is 10.7. The molecule has 0 bridgehead atoms. The zero-order chi connectivity index (χ0) is 7.72. The Balaban J connectivity index is 3.15. The van der Waals surface area contributed by atoms with Crippen LogP contribution in [0.15, 0.2) is 0 Å². The largest absolute Gasteiger partial charge is 0.293 e. The number of aromatic nitrogens is 1. The van der Waals surface area contributed by atoms with Gasteiger partial charge < -0.3 is 0 Å². The normalized spacial score (nSPS) is 9.90. The molecule has 0 saturated heterocycles. The van der Waals surface area contributed by atoms with E-state index in [1.54, 1.807) is 0 Å². The number of halogens is 1. The van der Waals surface area contributed by atoms with Crippen molar-refractivity contribution in [1.82, 2.24) is 4.98 Å². The summed E-state index contributed by atoms with van der Waals surface area (Å²) in [5, 5.41) is 0.829. The summed E-state index contributed by atoms with van der Waals surface area (Å²) in [6, 6.07) is 0. The first-order valence-corrected chi connectivity index (χ1v) is 3.94. The van der Waals surface area contributed by atoms with Gasteiger partial charge in [0.05, 0.1) is 5.01 Å². The molecule has 54 valence electrons. The molecular formula is C6H6ClNOS. The monoisotopic (exact) mass is 175 g/mol. The molecule has 0 saturated carbocycles. The third-order valence-electron chi connectivity index (χ3n) is 1.03. The van der Waals surface area contributed by atoms with Crippen molar-refractivity contribution in [2.45, 2.75) is 13.8 Å². The van der Waals surface area contributed by atoms with E-state index in [0.717, 1.165) is 5.01 Å². The van der Waals surface area contributed by atoms with Crippen molar-refractivity contribution in [3.63, 3.8) is 0 Å². The molecule has 4 heteroatoms. The van der Waals surface area contributed by atoms with E-state index in [9.17, 15) is 4.79 Å². The smallest absolute Gasteiger partial charge is 0.180 e. The van der Waals surface area contributed by atoms with Crippen LogP contribution in [0.1, 0.15) is 22.4 Å². The number of hydrogen-bond donors (Lipinski definition) is 0. The molecule has 0 spiro atoms. The number of Topliss-reactive ketones (excluding diaryl/α,β-unsaturated/α-hetero) is 1. The van der Waals surface area contributed by atoms with Crippen LogP contribution < -0.4 is 0 Å². The average Bonchev–Trinajstić information content (AvgIpc) is 2.10. The molecule has 0 aliphatic carbocycles. The maximum Gasteiger partial charge on any atom is 0.180 e. The van der Waals surface area contributed by atoms with Gasteiger partial charge in [0.15, 0.2) is 5.78 Å². The van der Waals surface area contributed by atoms with Crippen molar-refractivity contribution in [2.75, 3.05) is 0 Å². The lowest BCUT2D eigenvalue weighted by atomic mass is 10.3. The minimum atomic E-state index is -0.0747. The summed E-state index contributed by atoms with van der Waals surface area (Å²) in [7, 11) is 0. The number of carbonyl (C=O) groups is 1. The lowest BCUT2D eigenvalue weighted by Gasteiger charge is -1.84. The van der Waals surface area contributed by atoms with Crippen LogP contribution in [0.2, 0.25) is 4.34 Å². The Morgan fingerprint density at radius 2 is 2.30 bits per heavy atom. The Bertz CT molecular complexity index is 269. The van der Waals surface area contributed by atoms with Crippen LogP contribution in [0.25, 0.3) is 0 Å². The summed E-state index contributed by atoms with van der Waals surface area (Å²) in [4.78, 5) is 14.7. The van der Waals surface area contributed by atoms with Crippen molar-refractivity contribution in [3.05, 3.63) is 15.0 Å². The minimum absolute atomic E-state index is 0.0747. The molecule has 0 radical (unpaired) electrons. The van der Waals surface area contributed by atoms with Crippen molar-refractivity contribution >= 4 is 28.7 Å². The molecule has 0 fully saturated rings. The fraction of sp³-hybridized carbons (Fsp3) is 0.333. The van der Waals surface area contributed by atoms with Crippen molar-refractivity contribution in [3.8, 4) is 0 Å². The second-order valence-electron chi connectivity index (χ2n) is 1.91. The third-order valence-corrected chi connectivity index (χ3v) is 2.20. The lowest BCUT2D eigenvalue weighted by Crippen LogP contribution is -1.92. The second-order valence-corrected chi connectivity index (χ2v) is 3.72. The summed E-state index contributed by atoms with van der Waals surface area (Å²) in [6.45, 7) is 3.28. The van der Waals surface area contributed by atoms with Crippen LogP contribution in [0, 0.1) is 6.92 Å². The van der Waals surface area contributed by atoms with Gasteiger partial charge in [0.25, 0.3) is 0 Å². The molecule has 0 atom stereocenters. The molecule has 1 heterocycles. The Morgan fingerprint density at radius 1 is 1.70 bits per heavy atom. The highest BCUT2D eigenvalue weighted by molar-refractivity contribution is 7.16. The van der Waals surface area contributed by atoms with Crippen LogP contribution in [0.3, 0.4) is 0 Å². The zero-order valence-electron chi connectivity index (χ0n) is 5.64. The molecule has 1 aromatic rings. The molecule has 0 N–H and O–H groups in total. The fourth-order valence-corrected chi connectivity index (χ4v) is 1.81. The first kappa shape index (κ1) is 7.69. The average molecular weight is 176 g/mol. The molecule has 1 aromatic heterocycles. The predicted molar refractivity (Wildman–Crippen MR) is 41.9 cm³/mol. The number of ketones is 1. The highest BCUT2D eigenvalue weighted by Crippen LogP contribution is 2.23. The number of rotatable bonds is 1. The van der Waals surface area contributed by atoms with E-state index < -0.39 is 0 Å². The van der Waals surface area contributed by atoms with Crippen molar-refractivity contribution in [1.29, 1.82) is 0 Å². The van der Waals surface area contributed by atoms with E-state index >= 15 is 0 Å². The van der Waals surface area contributed by atoms with Gasteiger partial charge in [-0.2, -0.15) is 0 Å². The number of carbonyl (C=O) groups excluding carboxylic acids is 1. The van der Waals surface area contributed by atoms with Gasteiger partial charge in [-0.15, -0.1) is 11.3 Å². The third kappa shape index (κ3) is 1.36. The van der Waals surface area contributed by atoms with Gasteiger partial charge in [0, 0.05) is 6.92 Å². The Morgan fingerprint density at radius 3 is 2.50 bits per heavy atom. The second kappa shape index (κ2) is 2.68. The molecule has 10 heavy (non-hydrogen) atoms. The van der Waals surface area contributed by atoms with E-state index in [4.69, 9.17) is 11.6 Å². The van der Waals surface area contributed by atoms with Gasteiger partial charge in [-0.1, -0.05) is 11.6 Å². The van der Waals surface area contributed by atoms with Crippen LogP contribution >= 0.6 is 22.9 Å². The van der Waals surface area contributed by atoms with Gasteiger partial charge in [0.1, 0.15) is 10.0 Å². The molecule has 2 nitrogen and oxygen atoms in total. The number of hydrogen-bond acceptors (Lipinski definition) is 3. The molecule has 1 rings (SSSR count). The maximum absolute atomic E-state index is 10.7. The summed E-state index contributed by atoms with van der Waals surface area (Å²) < 4.78 is 0.491. The van der Waals surface area contributed by atoms with Crippen LogP contribution in [-0.4, -0.2) is 10.8 Å². The van der Waals surface area contributed by atoms with E-state index in [-0.39, 0.29) is 5.78 Å². The molecule has 0 unspecified atom stereocenters. The molecule has 0 aliphatic heterocycles. The summed E-state index contributed by atoms with van der Waals surface area (Å²) in [5.74, 6) is -0.0747. The Hall–Kier alpha value is -0.410. The van der Waals surface area contributed by atoms with Gasteiger partial charge in [0.2, 0.25) is 0 Å². The Labute approximate surface area is 67.9 Å². The van der Waals surface area contributed by atoms with Gasteiger partial charge >= 0.3 is 0 Å². The summed E-state index contributed by atoms with van der Waals surface area (Å²) >= 11 is 7.01. The topological polar surface area (TPSA) is 30.0 Å². The van der Waals surface area contributed by atoms with Crippen molar-refractivity contribution in [2.24, 2.45) is 0 Å².